The van der Waals surface area contributed by atoms with E-state index in [9.17, 15) is 0 Å². The zero-order chi connectivity index (χ0) is 15.2. The van der Waals surface area contributed by atoms with Gasteiger partial charge in [-0.2, -0.15) is 0 Å². The Bertz CT molecular complexity index is 655. The van der Waals surface area contributed by atoms with Crippen LogP contribution in [-0.4, -0.2) is 7.12 Å². The van der Waals surface area contributed by atoms with Gasteiger partial charge in [-0.1, -0.05) is 66.2 Å². The molecule has 0 aliphatic rings. The molecule has 3 rings (SSSR count). The molecule has 0 bridgehead atoms. The Kier molecular flexibility index (Phi) is 4.45. The fourth-order valence-corrected chi connectivity index (χ4v) is 2.13. The summed E-state index contributed by atoms with van der Waals surface area (Å²) in [5, 5.41) is 0. The van der Waals surface area contributed by atoms with Crippen molar-refractivity contribution < 1.29 is 9.31 Å². The maximum absolute atomic E-state index is 6.02. The van der Waals surface area contributed by atoms with Gasteiger partial charge in [-0.3, -0.25) is 0 Å². The quantitative estimate of drug-likeness (QED) is 0.664. The Labute approximate surface area is 131 Å². The molecular weight excluding hydrogens is 271 g/mol. The monoisotopic (exact) mass is 288 g/mol. The van der Waals surface area contributed by atoms with Crippen LogP contribution >= 0.6 is 0 Å². The Morgan fingerprint density at radius 2 is 1.05 bits per heavy atom. The van der Waals surface area contributed by atoms with Crippen LogP contribution in [0.5, 0.6) is 11.5 Å². The number of aryl methyl sites for hydroxylation is 1. The molecule has 0 radical (unpaired) electrons. The summed E-state index contributed by atoms with van der Waals surface area (Å²) in [5.41, 5.74) is 2.19. The van der Waals surface area contributed by atoms with Gasteiger partial charge in [0.1, 0.15) is 11.5 Å². The first-order valence-electron chi connectivity index (χ1n) is 7.31. The minimum atomic E-state index is -0.481. The predicted molar refractivity (Wildman–Crippen MR) is 90.7 cm³/mol. The van der Waals surface area contributed by atoms with Crippen molar-refractivity contribution in [3.05, 3.63) is 90.5 Å². The minimum absolute atomic E-state index is 0.481. The van der Waals surface area contributed by atoms with Gasteiger partial charge in [0.05, 0.1) is 0 Å². The third kappa shape index (κ3) is 3.70. The molecule has 0 aliphatic heterocycles. The zero-order valence-corrected chi connectivity index (χ0v) is 12.5. The Morgan fingerprint density at radius 3 is 1.50 bits per heavy atom. The summed E-state index contributed by atoms with van der Waals surface area (Å²) < 4.78 is 12.0. The molecule has 0 saturated carbocycles. The highest BCUT2D eigenvalue weighted by molar-refractivity contribution is 6.62. The summed E-state index contributed by atoms with van der Waals surface area (Å²) in [5.74, 6) is 1.56. The van der Waals surface area contributed by atoms with Crippen LogP contribution in [0.4, 0.5) is 0 Å². The van der Waals surface area contributed by atoms with Crippen LogP contribution in [0.3, 0.4) is 0 Å². The molecular formula is C19H17BO2. The van der Waals surface area contributed by atoms with Crippen LogP contribution < -0.4 is 14.8 Å². The van der Waals surface area contributed by atoms with Gasteiger partial charge in [0.15, 0.2) is 0 Å². The predicted octanol–water partition coefficient (Wildman–Crippen LogP) is 3.85. The third-order valence-electron chi connectivity index (χ3n) is 3.32. The lowest BCUT2D eigenvalue weighted by atomic mass is 9.78. The van der Waals surface area contributed by atoms with Crippen molar-refractivity contribution >= 4 is 12.6 Å². The van der Waals surface area contributed by atoms with Crippen molar-refractivity contribution in [1.82, 2.24) is 0 Å². The Hall–Kier alpha value is -2.68. The van der Waals surface area contributed by atoms with Crippen molar-refractivity contribution in [2.24, 2.45) is 0 Å². The first-order chi connectivity index (χ1) is 10.8. The van der Waals surface area contributed by atoms with Crippen LogP contribution in [0.1, 0.15) is 5.56 Å². The number of benzene rings is 3. The van der Waals surface area contributed by atoms with E-state index >= 15 is 0 Å². The summed E-state index contributed by atoms with van der Waals surface area (Å²) in [6.45, 7) is 2.06. The van der Waals surface area contributed by atoms with E-state index in [0.29, 0.717) is 0 Å². The largest absolute Gasteiger partial charge is 0.632 e. The molecule has 3 aromatic rings. The average Bonchev–Trinajstić information content (AvgIpc) is 2.57. The van der Waals surface area contributed by atoms with E-state index in [2.05, 4.69) is 19.1 Å². The van der Waals surface area contributed by atoms with E-state index < -0.39 is 7.12 Å². The first kappa shape index (κ1) is 14.3. The summed E-state index contributed by atoms with van der Waals surface area (Å²) in [6.07, 6.45) is 0. The molecule has 0 atom stereocenters. The molecule has 0 N–H and O–H groups in total. The molecule has 0 heterocycles. The highest BCUT2D eigenvalue weighted by Crippen LogP contribution is 2.14. The molecule has 0 aromatic heterocycles. The van der Waals surface area contributed by atoms with Gasteiger partial charge in [0, 0.05) is 5.46 Å². The Balaban J connectivity index is 1.86. The second kappa shape index (κ2) is 6.86. The zero-order valence-electron chi connectivity index (χ0n) is 12.5. The van der Waals surface area contributed by atoms with Crippen LogP contribution in [0.15, 0.2) is 84.9 Å². The van der Waals surface area contributed by atoms with E-state index in [1.54, 1.807) is 0 Å². The normalized spacial score (nSPS) is 10.0. The summed E-state index contributed by atoms with van der Waals surface area (Å²) >= 11 is 0. The number of rotatable bonds is 5. The minimum Gasteiger partial charge on any atom is -0.522 e. The van der Waals surface area contributed by atoms with Gasteiger partial charge in [-0.15, -0.1) is 0 Å². The molecule has 0 amide bonds. The fraction of sp³-hybridized carbons (Fsp3) is 0.0526. The van der Waals surface area contributed by atoms with Gasteiger partial charge in [-0.25, -0.2) is 0 Å². The van der Waals surface area contributed by atoms with Crippen LogP contribution in [-0.2, 0) is 0 Å². The van der Waals surface area contributed by atoms with Crippen LogP contribution in [0, 0.1) is 6.92 Å². The molecule has 0 aliphatic carbocycles. The lowest BCUT2D eigenvalue weighted by Gasteiger charge is -2.17. The van der Waals surface area contributed by atoms with Gasteiger partial charge >= 0.3 is 7.12 Å². The van der Waals surface area contributed by atoms with Gasteiger partial charge in [-0.05, 0) is 31.2 Å². The standard InChI is InChI=1S/C19H17BO2/c1-16-12-14-17(15-13-16)20(21-18-8-4-2-5-9-18)22-19-10-6-3-7-11-19/h2-15H,1H3. The second-order valence-electron chi connectivity index (χ2n) is 5.10. The SMILES string of the molecule is Cc1ccc(B(Oc2ccccc2)Oc2ccccc2)cc1. The molecule has 22 heavy (non-hydrogen) atoms. The maximum Gasteiger partial charge on any atom is 0.632 e. The van der Waals surface area contributed by atoms with E-state index in [1.807, 2.05) is 72.8 Å². The van der Waals surface area contributed by atoms with Crippen molar-refractivity contribution in [3.8, 4) is 11.5 Å². The lowest BCUT2D eigenvalue weighted by Crippen LogP contribution is -2.42. The Morgan fingerprint density at radius 1 is 0.591 bits per heavy atom. The van der Waals surface area contributed by atoms with Crippen molar-refractivity contribution in [3.63, 3.8) is 0 Å². The number of hydrogen-bond acceptors (Lipinski definition) is 2. The number of para-hydroxylation sites is 2. The molecule has 0 saturated heterocycles. The van der Waals surface area contributed by atoms with E-state index in [4.69, 9.17) is 9.31 Å². The molecule has 2 nitrogen and oxygen atoms in total. The van der Waals surface area contributed by atoms with Crippen LogP contribution in [0.25, 0.3) is 0 Å². The summed E-state index contributed by atoms with van der Waals surface area (Å²) in [4.78, 5) is 0. The third-order valence-corrected chi connectivity index (χ3v) is 3.32. The van der Waals surface area contributed by atoms with Crippen LogP contribution in [0.2, 0.25) is 0 Å². The smallest absolute Gasteiger partial charge is 0.522 e. The first-order valence-corrected chi connectivity index (χ1v) is 7.31. The molecule has 0 unspecified atom stereocenters. The van der Waals surface area contributed by atoms with Crippen molar-refractivity contribution in [1.29, 1.82) is 0 Å². The molecule has 0 spiro atoms. The van der Waals surface area contributed by atoms with E-state index in [0.717, 1.165) is 17.0 Å². The fourth-order valence-electron chi connectivity index (χ4n) is 2.13. The summed E-state index contributed by atoms with van der Waals surface area (Å²) in [6, 6.07) is 27.6. The molecule has 0 fully saturated rings. The summed E-state index contributed by atoms with van der Waals surface area (Å²) in [7, 11) is -0.481. The highest BCUT2D eigenvalue weighted by atomic mass is 16.6. The second-order valence-corrected chi connectivity index (χ2v) is 5.10. The van der Waals surface area contributed by atoms with Gasteiger partial charge in [0.2, 0.25) is 0 Å². The topological polar surface area (TPSA) is 18.5 Å². The lowest BCUT2D eigenvalue weighted by molar-refractivity contribution is 0.439. The molecule has 3 aromatic carbocycles. The number of hydrogen-bond donors (Lipinski definition) is 0. The van der Waals surface area contributed by atoms with Crippen molar-refractivity contribution in [2.75, 3.05) is 0 Å². The van der Waals surface area contributed by atoms with Gasteiger partial charge in [0.25, 0.3) is 0 Å². The molecule has 108 valence electrons. The highest BCUT2D eigenvalue weighted by Gasteiger charge is 2.26. The molecule has 3 heteroatoms. The van der Waals surface area contributed by atoms with E-state index in [1.165, 1.54) is 5.56 Å². The van der Waals surface area contributed by atoms with Gasteiger partial charge < -0.3 is 9.31 Å². The maximum atomic E-state index is 6.02. The average molecular weight is 288 g/mol. The van der Waals surface area contributed by atoms with E-state index in [-0.39, 0.29) is 0 Å². The van der Waals surface area contributed by atoms with Crippen molar-refractivity contribution in [2.45, 2.75) is 6.92 Å².